The van der Waals surface area contributed by atoms with Crippen LogP contribution in [0.25, 0.3) is 0 Å². The van der Waals surface area contributed by atoms with Crippen molar-refractivity contribution in [2.75, 3.05) is 0 Å². The van der Waals surface area contributed by atoms with Crippen LogP contribution in [0.4, 0.5) is 4.39 Å². The number of carboxylic acid groups (broad SMARTS) is 1. The second-order valence-electron chi connectivity index (χ2n) is 2.90. The zero-order valence-corrected chi connectivity index (χ0v) is 8.79. The normalized spacial score (nSPS) is 12.5. The first-order chi connectivity index (χ1) is 6.50. The molecule has 0 aliphatic carbocycles. The van der Waals surface area contributed by atoms with Crippen molar-refractivity contribution in [1.82, 2.24) is 0 Å². The van der Waals surface area contributed by atoms with Crippen molar-refractivity contribution >= 4 is 21.9 Å². The average molecular weight is 262 g/mol. The molecule has 1 atom stereocenters. The lowest BCUT2D eigenvalue weighted by molar-refractivity contribution is -0.138. The van der Waals surface area contributed by atoms with Gasteiger partial charge in [0.25, 0.3) is 0 Å². The highest BCUT2D eigenvalue weighted by Crippen LogP contribution is 2.16. The van der Waals surface area contributed by atoms with Gasteiger partial charge in [-0.1, -0.05) is 6.07 Å². The van der Waals surface area contributed by atoms with Crippen molar-refractivity contribution in [1.29, 1.82) is 0 Å². The third-order valence-electron chi connectivity index (χ3n) is 1.76. The number of nitrogens with two attached hydrogens (primary N) is 1. The Morgan fingerprint density at radius 3 is 2.79 bits per heavy atom. The average Bonchev–Trinajstić information content (AvgIpc) is 2.11. The van der Waals surface area contributed by atoms with Crippen LogP contribution >= 0.6 is 15.9 Å². The summed E-state index contributed by atoms with van der Waals surface area (Å²) in [5.41, 5.74) is 5.87. The van der Waals surface area contributed by atoms with E-state index in [1.807, 2.05) is 0 Å². The molecule has 0 fully saturated rings. The van der Waals surface area contributed by atoms with Crippen LogP contribution in [0.15, 0.2) is 22.7 Å². The summed E-state index contributed by atoms with van der Waals surface area (Å²) >= 11 is 3.00. The summed E-state index contributed by atoms with van der Waals surface area (Å²) in [4.78, 5) is 10.4. The first-order valence-electron chi connectivity index (χ1n) is 3.93. The topological polar surface area (TPSA) is 63.3 Å². The van der Waals surface area contributed by atoms with Gasteiger partial charge in [-0.25, -0.2) is 4.39 Å². The Morgan fingerprint density at radius 2 is 2.29 bits per heavy atom. The molecule has 5 heteroatoms. The number of benzene rings is 1. The minimum Gasteiger partial charge on any atom is -0.480 e. The number of aliphatic carboxylic acids is 1. The molecule has 0 aromatic heterocycles. The van der Waals surface area contributed by atoms with E-state index in [0.717, 1.165) is 0 Å². The maximum atomic E-state index is 13.0. The smallest absolute Gasteiger partial charge is 0.320 e. The van der Waals surface area contributed by atoms with Crippen molar-refractivity contribution in [3.05, 3.63) is 34.1 Å². The number of hydrogen-bond donors (Lipinski definition) is 2. The number of rotatable bonds is 3. The number of halogens is 2. The van der Waals surface area contributed by atoms with Crippen LogP contribution < -0.4 is 5.73 Å². The van der Waals surface area contributed by atoms with Crippen LogP contribution in [-0.2, 0) is 11.2 Å². The van der Waals surface area contributed by atoms with Gasteiger partial charge in [-0.3, -0.25) is 4.79 Å². The van der Waals surface area contributed by atoms with Crippen molar-refractivity contribution in [2.24, 2.45) is 5.73 Å². The van der Waals surface area contributed by atoms with Crippen LogP contribution in [0.2, 0.25) is 0 Å². The highest BCUT2D eigenvalue weighted by Gasteiger charge is 2.12. The quantitative estimate of drug-likeness (QED) is 0.868. The molecule has 0 unspecified atom stereocenters. The van der Waals surface area contributed by atoms with E-state index in [1.54, 1.807) is 6.07 Å². The second kappa shape index (κ2) is 4.52. The molecule has 1 aromatic carbocycles. The van der Waals surface area contributed by atoms with Crippen LogP contribution in [0.1, 0.15) is 5.56 Å². The van der Waals surface area contributed by atoms with Gasteiger partial charge in [-0.15, -0.1) is 0 Å². The predicted molar refractivity (Wildman–Crippen MR) is 53.4 cm³/mol. The van der Waals surface area contributed by atoms with Gasteiger partial charge in [0.15, 0.2) is 0 Å². The molecular formula is C9H9BrFNO2. The third-order valence-corrected chi connectivity index (χ3v) is 2.40. The Balaban J connectivity index is 2.78. The Bertz CT molecular complexity index is 357. The van der Waals surface area contributed by atoms with Gasteiger partial charge in [-0.05, 0) is 40.0 Å². The molecule has 0 amide bonds. The maximum Gasteiger partial charge on any atom is 0.320 e. The lowest BCUT2D eigenvalue weighted by atomic mass is 10.1. The van der Waals surface area contributed by atoms with E-state index >= 15 is 0 Å². The summed E-state index contributed by atoms with van der Waals surface area (Å²) < 4.78 is 13.3. The van der Waals surface area contributed by atoms with Crippen molar-refractivity contribution in [2.45, 2.75) is 12.5 Å². The SMILES string of the molecule is N[C@H](Cc1ccc(Br)c(F)c1)C(=O)O. The van der Waals surface area contributed by atoms with E-state index in [0.29, 0.717) is 10.0 Å². The van der Waals surface area contributed by atoms with Crippen LogP contribution in [0.3, 0.4) is 0 Å². The Kier molecular flexibility index (Phi) is 3.60. The van der Waals surface area contributed by atoms with Gasteiger partial charge in [0, 0.05) is 0 Å². The van der Waals surface area contributed by atoms with Crippen molar-refractivity contribution < 1.29 is 14.3 Å². The summed E-state index contributed by atoms with van der Waals surface area (Å²) in [5.74, 6) is -1.51. The second-order valence-corrected chi connectivity index (χ2v) is 3.75. The van der Waals surface area contributed by atoms with E-state index in [1.165, 1.54) is 12.1 Å². The summed E-state index contributed by atoms with van der Waals surface area (Å²) in [6.45, 7) is 0. The fourth-order valence-corrected chi connectivity index (χ4v) is 1.25. The van der Waals surface area contributed by atoms with Crippen LogP contribution in [-0.4, -0.2) is 17.1 Å². The van der Waals surface area contributed by atoms with E-state index in [2.05, 4.69) is 15.9 Å². The first-order valence-corrected chi connectivity index (χ1v) is 4.72. The molecule has 0 heterocycles. The number of carboxylic acids is 1. The van der Waals surface area contributed by atoms with Gasteiger partial charge in [-0.2, -0.15) is 0 Å². The number of carbonyl (C=O) groups is 1. The highest BCUT2D eigenvalue weighted by molar-refractivity contribution is 9.10. The largest absolute Gasteiger partial charge is 0.480 e. The summed E-state index contributed by atoms with van der Waals surface area (Å²) in [7, 11) is 0. The van der Waals surface area contributed by atoms with E-state index in [-0.39, 0.29) is 6.42 Å². The molecular weight excluding hydrogens is 253 g/mol. The summed E-state index contributed by atoms with van der Waals surface area (Å²) in [6.07, 6.45) is 0.125. The van der Waals surface area contributed by atoms with Gasteiger partial charge < -0.3 is 10.8 Å². The van der Waals surface area contributed by atoms with Crippen LogP contribution in [0, 0.1) is 5.82 Å². The van der Waals surface area contributed by atoms with E-state index < -0.39 is 17.8 Å². The molecule has 14 heavy (non-hydrogen) atoms. The standard InChI is InChI=1S/C9H9BrFNO2/c10-6-2-1-5(3-7(6)11)4-8(12)9(13)14/h1-3,8H,4,12H2,(H,13,14)/t8-/m1/s1. The molecule has 0 saturated heterocycles. The fraction of sp³-hybridized carbons (Fsp3) is 0.222. The summed E-state index contributed by atoms with van der Waals surface area (Å²) in [6, 6.07) is 3.44. The molecule has 76 valence electrons. The molecule has 0 saturated carbocycles. The zero-order chi connectivity index (χ0) is 10.7. The molecule has 3 nitrogen and oxygen atoms in total. The lowest BCUT2D eigenvalue weighted by Gasteiger charge is -2.06. The van der Waals surface area contributed by atoms with E-state index in [4.69, 9.17) is 10.8 Å². The monoisotopic (exact) mass is 261 g/mol. The van der Waals surface area contributed by atoms with Crippen LogP contribution in [0.5, 0.6) is 0 Å². The summed E-state index contributed by atoms with van der Waals surface area (Å²) in [5, 5.41) is 8.54. The first kappa shape index (κ1) is 11.1. The van der Waals surface area contributed by atoms with Gasteiger partial charge in [0.2, 0.25) is 0 Å². The van der Waals surface area contributed by atoms with Gasteiger partial charge in [0.05, 0.1) is 4.47 Å². The number of hydrogen-bond acceptors (Lipinski definition) is 2. The Labute approximate surface area is 88.9 Å². The zero-order valence-electron chi connectivity index (χ0n) is 7.21. The minimum absolute atomic E-state index is 0.125. The molecule has 0 aliphatic heterocycles. The van der Waals surface area contributed by atoms with Crippen molar-refractivity contribution in [3.63, 3.8) is 0 Å². The lowest BCUT2D eigenvalue weighted by Crippen LogP contribution is -2.32. The minimum atomic E-state index is -1.09. The predicted octanol–water partition coefficient (Wildman–Crippen LogP) is 1.54. The highest BCUT2D eigenvalue weighted by atomic mass is 79.9. The van der Waals surface area contributed by atoms with Gasteiger partial charge in [0.1, 0.15) is 11.9 Å². The molecule has 1 aromatic rings. The fourth-order valence-electron chi connectivity index (χ4n) is 1.01. The third kappa shape index (κ3) is 2.78. The molecule has 3 N–H and O–H groups in total. The maximum absolute atomic E-state index is 13.0. The Hall–Kier alpha value is -0.940. The molecule has 0 radical (unpaired) electrons. The molecule has 0 spiro atoms. The van der Waals surface area contributed by atoms with E-state index in [9.17, 15) is 9.18 Å². The van der Waals surface area contributed by atoms with Gasteiger partial charge >= 0.3 is 5.97 Å². The molecule has 0 aliphatic rings. The molecule has 0 bridgehead atoms. The Morgan fingerprint density at radius 1 is 1.64 bits per heavy atom. The van der Waals surface area contributed by atoms with Crippen molar-refractivity contribution in [3.8, 4) is 0 Å². The molecule has 1 rings (SSSR count).